The van der Waals surface area contributed by atoms with Crippen molar-refractivity contribution in [3.05, 3.63) is 88.2 Å². The van der Waals surface area contributed by atoms with Gasteiger partial charge in [0, 0.05) is 29.8 Å². The molecule has 0 saturated carbocycles. The lowest BCUT2D eigenvalue weighted by atomic mass is 9.93. The smallest absolute Gasteiger partial charge is 0.375 e. The molecule has 0 bridgehead atoms. The van der Waals surface area contributed by atoms with E-state index in [4.69, 9.17) is 16.3 Å². The van der Waals surface area contributed by atoms with Crippen molar-refractivity contribution in [2.24, 2.45) is 0 Å². The molecule has 1 aromatic heterocycles. The molecular formula is C26H23ClFN5O4. The van der Waals surface area contributed by atoms with Crippen molar-refractivity contribution in [2.75, 3.05) is 32.1 Å². The summed E-state index contributed by atoms with van der Waals surface area (Å²) >= 11 is 6.00. The molecule has 2 amide bonds. The molecule has 0 saturated heterocycles. The number of imidazole rings is 1. The highest BCUT2D eigenvalue weighted by atomic mass is 35.5. The van der Waals surface area contributed by atoms with Crippen molar-refractivity contribution in [3.63, 3.8) is 0 Å². The topological polar surface area (TPSA) is 111 Å². The van der Waals surface area contributed by atoms with Crippen molar-refractivity contribution in [3.8, 4) is 6.01 Å². The summed E-state index contributed by atoms with van der Waals surface area (Å²) < 4.78 is 20.3. The van der Waals surface area contributed by atoms with Gasteiger partial charge in [-0.05, 0) is 44.4 Å². The predicted octanol–water partition coefficient (Wildman–Crippen LogP) is 3.86. The predicted molar refractivity (Wildman–Crippen MR) is 136 cm³/mol. The molecule has 3 aromatic carbocycles. The van der Waals surface area contributed by atoms with Gasteiger partial charge in [-0.15, -0.1) is 0 Å². The Morgan fingerprint density at radius 2 is 2.00 bits per heavy atom. The summed E-state index contributed by atoms with van der Waals surface area (Å²) in [7, 11) is 3.77. The second kappa shape index (κ2) is 9.47. The van der Waals surface area contributed by atoms with Gasteiger partial charge in [-0.2, -0.15) is 4.98 Å². The maximum absolute atomic E-state index is 15.1. The number of H-pyrrole nitrogens is 1. The number of anilines is 1. The molecule has 3 N–H and O–H groups in total. The van der Waals surface area contributed by atoms with Gasteiger partial charge >= 0.3 is 12.1 Å². The van der Waals surface area contributed by atoms with Crippen LogP contribution in [0.2, 0.25) is 5.02 Å². The summed E-state index contributed by atoms with van der Waals surface area (Å²) in [6.45, 7) is 1.04. The number of hydrogen-bond acceptors (Lipinski definition) is 6. The Hall–Kier alpha value is -3.99. The number of likely N-dealkylation sites (N-methyl/N-ethyl adjacent to an activating group) is 1. The van der Waals surface area contributed by atoms with Gasteiger partial charge in [0.25, 0.3) is 5.91 Å². The lowest BCUT2D eigenvalue weighted by molar-refractivity contribution is 0.0699. The largest absolute Gasteiger partial charge is 0.415 e. The SMILES string of the molecule is CN(C)CCNC(=O)Oc1nc2ccc(C3(O)c4ccccc4C(=O)N3c3cccc(Cl)c3F)cc2[nH]1. The number of carbonyl (C=O) groups excluding carboxylic acids is 2. The van der Waals surface area contributed by atoms with Crippen LogP contribution >= 0.6 is 11.6 Å². The van der Waals surface area contributed by atoms with E-state index in [0.717, 1.165) is 4.90 Å². The van der Waals surface area contributed by atoms with Gasteiger partial charge in [-0.3, -0.25) is 9.69 Å². The number of nitrogens with zero attached hydrogens (tertiary/aromatic N) is 3. The van der Waals surface area contributed by atoms with Gasteiger partial charge in [-0.25, -0.2) is 9.18 Å². The summed E-state index contributed by atoms with van der Waals surface area (Å²) in [5, 5.41) is 14.6. The van der Waals surface area contributed by atoms with Gasteiger partial charge in [0.1, 0.15) is 0 Å². The zero-order valence-corrected chi connectivity index (χ0v) is 20.7. The molecule has 2 heterocycles. The Morgan fingerprint density at radius 1 is 1.22 bits per heavy atom. The first-order valence-electron chi connectivity index (χ1n) is 11.4. The number of rotatable bonds is 6. The zero-order valence-electron chi connectivity index (χ0n) is 20.0. The Morgan fingerprint density at radius 3 is 2.78 bits per heavy atom. The third-order valence-electron chi connectivity index (χ3n) is 6.11. The highest BCUT2D eigenvalue weighted by Crippen LogP contribution is 2.46. The van der Waals surface area contributed by atoms with E-state index in [1.165, 1.54) is 18.2 Å². The molecule has 4 aromatic rings. The number of aromatic nitrogens is 2. The van der Waals surface area contributed by atoms with Crippen LogP contribution in [0.3, 0.4) is 0 Å². The maximum atomic E-state index is 15.1. The van der Waals surface area contributed by atoms with Gasteiger partial charge in [0.05, 0.1) is 21.7 Å². The van der Waals surface area contributed by atoms with Crippen molar-refractivity contribution in [2.45, 2.75) is 5.72 Å². The van der Waals surface area contributed by atoms with Crippen molar-refractivity contribution in [1.29, 1.82) is 0 Å². The number of amides is 2. The van der Waals surface area contributed by atoms with Crippen molar-refractivity contribution >= 4 is 40.3 Å². The van der Waals surface area contributed by atoms with Crippen LogP contribution < -0.4 is 15.0 Å². The number of fused-ring (bicyclic) bond motifs is 2. The summed E-state index contributed by atoms with van der Waals surface area (Å²) in [5.41, 5.74) is -0.541. The number of benzene rings is 3. The molecule has 0 spiro atoms. The molecule has 1 unspecified atom stereocenters. The van der Waals surface area contributed by atoms with E-state index < -0.39 is 23.5 Å². The molecule has 190 valence electrons. The molecule has 1 atom stereocenters. The zero-order chi connectivity index (χ0) is 26.3. The van der Waals surface area contributed by atoms with Gasteiger partial charge < -0.3 is 25.0 Å². The lowest BCUT2D eigenvalue weighted by Crippen LogP contribution is -2.45. The van der Waals surface area contributed by atoms with Crippen LogP contribution in [0.15, 0.2) is 60.7 Å². The standard InChI is InChI=1S/C26H23ClFN5O4/c1-32(2)13-12-29-25(35)37-24-30-19-11-10-15(14-20(19)31-24)26(36)17-7-4-3-6-16(17)23(34)33(26)21-9-5-8-18(27)22(21)28/h3-11,14,36H,12-13H2,1-2H3,(H,29,35)(H,30,31). The van der Waals surface area contributed by atoms with E-state index in [0.29, 0.717) is 24.1 Å². The molecule has 11 heteroatoms. The number of halogens is 2. The Balaban J connectivity index is 1.54. The molecule has 37 heavy (non-hydrogen) atoms. The minimum Gasteiger partial charge on any atom is -0.375 e. The average Bonchev–Trinajstić information content (AvgIpc) is 3.37. The number of aliphatic hydroxyl groups is 1. The molecule has 0 radical (unpaired) electrons. The van der Waals surface area contributed by atoms with E-state index in [9.17, 15) is 14.7 Å². The fraction of sp³-hybridized carbons (Fsp3) is 0.192. The van der Waals surface area contributed by atoms with E-state index in [2.05, 4.69) is 15.3 Å². The van der Waals surface area contributed by atoms with E-state index in [-0.39, 0.29) is 33.4 Å². The summed E-state index contributed by atoms with van der Waals surface area (Å²) in [6, 6.07) is 15.5. The van der Waals surface area contributed by atoms with Crippen LogP contribution in [0.1, 0.15) is 21.5 Å². The fourth-order valence-electron chi connectivity index (χ4n) is 4.35. The lowest BCUT2D eigenvalue weighted by Gasteiger charge is -2.35. The third-order valence-corrected chi connectivity index (χ3v) is 6.40. The molecule has 1 aliphatic heterocycles. The number of nitrogens with one attached hydrogen (secondary N) is 2. The minimum absolute atomic E-state index is 0.0397. The first kappa shape index (κ1) is 24.7. The van der Waals surface area contributed by atoms with Crippen LogP contribution in [-0.4, -0.2) is 59.2 Å². The summed E-state index contributed by atoms with van der Waals surface area (Å²) in [6.07, 6.45) is -0.669. The number of carbonyl (C=O) groups is 2. The molecule has 0 fully saturated rings. The van der Waals surface area contributed by atoms with Crippen LogP contribution in [0.5, 0.6) is 6.01 Å². The number of aromatic amines is 1. The van der Waals surface area contributed by atoms with E-state index >= 15 is 4.39 Å². The third kappa shape index (κ3) is 4.29. The van der Waals surface area contributed by atoms with E-state index in [1.807, 2.05) is 19.0 Å². The summed E-state index contributed by atoms with van der Waals surface area (Å²) in [5.74, 6) is -1.41. The first-order chi connectivity index (χ1) is 17.7. The van der Waals surface area contributed by atoms with Crippen LogP contribution in [-0.2, 0) is 5.72 Å². The fourth-order valence-corrected chi connectivity index (χ4v) is 4.52. The van der Waals surface area contributed by atoms with Crippen LogP contribution in [0, 0.1) is 5.82 Å². The highest BCUT2D eigenvalue weighted by Gasteiger charge is 2.51. The van der Waals surface area contributed by atoms with Crippen molar-refractivity contribution in [1.82, 2.24) is 20.2 Å². The minimum atomic E-state index is -2.05. The Labute approximate surface area is 216 Å². The first-order valence-corrected chi connectivity index (χ1v) is 11.8. The quantitative estimate of drug-likeness (QED) is 0.354. The second-order valence-electron chi connectivity index (χ2n) is 8.82. The molecular weight excluding hydrogens is 501 g/mol. The summed E-state index contributed by atoms with van der Waals surface area (Å²) in [4.78, 5) is 35.6. The van der Waals surface area contributed by atoms with Crippen LogP contribution in [0.25, 0.3) is 11.0 Å². The number of hydrogen-bond donors (Lipinski definition) is 3. The van der Waals surface area contributed by atoms with Crippen LogP contribution in [0.4, 0.5) is 14.9 Å². The maximum Gasteiger partial charge on any atom is 0.415 e. The van der Waals surface area contributed by atoms with Gasteiger partial charge in [0.15, 0.2) is 11.5 Å². The van der Waals surface area contributed by atoms with Gasteiger partial charge in [0.2, 0.25) is 0 Å². The molecule has 0 aliphatic carbocycles. The Bertz CT molecular complexity index is 1520. The second-order valence-corrected chi connectivity index (χ2v) is 9.23. The highest BCUT2D eigenvalue weighted by molar-refractivity contribution is 6.31. The normalized spacial score (nSPS) is 16.9. The molecule has 9 nitrogen and oxygen atoms in total. The molecule has 5 rings (SSSR count). The van der Waals surface area contributed by atoms with Crippen molar-refractivity contribution < 1.29 is 23.8 Å². The monoisotopic (exact) mass is 523 g/mol. The Kier molecular flexibility index (Phi) is 6.32. The van der Waals surface area contributed by atoms with Gasteiger partial charge in [-0.1, -0.05) is 41.9 Å². The number of ether oxygens (including phenoxy) is 1. The van der Waals surface area contributed by atoms with E-state index in [1.54, 1.807) is 42.5 Å². The average molecular weight is 524 g/mol. The molecule has 1 aliphatic rings.